The van der Waals surface area contributed by atoms with Crippen molar-refractivity contribution in [2.45, 2.75) is 24.8 Å². The Morgan fingerprint density at radius 2 is 2.00 bits per heavy atom. The van der Waals surface area contributed by atoms with E-state index in [0.717, 1.165) is 24.5 Å². The van der Waals surface area contributed by atoms with Gasteiger partial charge < -0.3 is 5.32 Å². The lowest BCUT2D eigenvalue weighted by Crippen LogP contribution is -2.51. The van der Waals surface area contributed by atoms with Gasteiger partial charge in [-0.15, -0.1) is 4.40 Å². The number of sulfonamides is 1. The number of aryl methyl sites for hydroxylation is 2. The summed E-state index contributed by atoms with van der Waals surface area (Å²) >= 11 is 0. The number of para-hydroxylation sites is 1. The monoisotopic (exact) mass is 345 g/mol. The van der Waals surface area contributed by atoms with Crippen molar-refractivity contribution in [2.24, 2.45) is 4.40 Å². The second kappa shape index (κ2) is 5.42. The number of nitrogens with zero attached hydrogens (tertiary/aromatic N) is 4. The SMILES string of the molecule is Cc1cc(C)n(C2CN(CC3=NS(=O)(=O)c4ccccc4N3)C2)n1. The first-order chi connectivity index (χ1) is 11.4. The van der Waals surface area contributed by atoms with Gasteiger partial charge in [-0.25, -0.2) is 0 Å². The third kappa shape index (κ3) is 2.61. The molecule has 1 saturated heterocycles. The zero-order valence-electron chi connectivity index (χ0n) is 13.6. The second-order valence-corrected chi connectivity index (χ2v) is 7.93. The molecule has 1 fully saturated rings. The molecule has 1 N–H and O–H groups in total. The van der Waals surface area contributed by atoms with Crippen LogP contribution in [-0.2, 0) is 10.0 Å². The molecule has 0 amide bonds. The highest BCUT2D eigenvalue weighted by Gasteiger charge is 2.32. The van der Waals surface area contributed by atoms with E-state index in [2.05, 4.69) is 32.7 Å². The molecular formula is C16H19N5O2S. The van der Waals surface area contributed by atoms with Gasteiger partial charge in [0.15, 0.2) is 0 Å². The number of likely N-dealkylation sites (tertiary alicyclic amines) is 1. The Bertz CT molecular complexity index is 926. The summed E-state index contributed by atoms with van der Waals surface area (Å²) in [7, 11) is -3.61. The van der Waals surface area contributed by atoms with Gasteiger partial charge in [0.2, 0.25) is 0 Å². The molecule has 0 bridgehead atoms. The maximum atomic E-state index is 12.2. The highest BCUT2D eigenvalue weighted by Crippen LogP contribution is 2.28. The Labute approximate surface area is 141 Å². The lowest BCUT2D eigenvalue weighted by Gasteiger charge is -2.40. The van der Waals surface area contributed by atoms with Crippen molar-refractivity contribution >= 4 is 21.5 Å². The molecule has 0 aliphatic carbocycles. The van der Waals surface area contributed by atoms with Crippen LogP contribution >= 0.6 is 0 Å². The first-order valence-electron chi connectivity index (χ1n) is 7.87. The zero-order valence-corrected chi connectivity index (χ0v) is 14.4. The predicted octanol–water partition coefficient (Wildman–Crippen LogP) is 1.57. The summed E-state index contributed by atoms with van der Waals surface area (Å²) < 4.78 is 30.4. The summed E-state index contributed by atoms with van der Waals surface area (Å²) in [6.45, 7) is 6.21. The van der Waals surface area contributed by atoms with Crippen LogP contribution in [0, 0.1) is 13.8 Å². The van der Waals surface area contributed by atoms with Crippen molar-refractivity contribution in [1.82, 2.24) is 14.7 Å². The first-order valence-corrected chi connectivity index (χ1v) is 9.31. The summed E-state index contributed by atoms with van der Waals surface area (Å²) in [4.78, 5) is 2.40. The molecule has 0 unspecified atom stereocenters. The van der Waals surface area contributed by atoms with Crippen LogP contribution in [0.3, 0.4) is 0 Å². The molecule has 0 atom stereocenters. The molecular weight excluding hydrogens is 326 g/mol. The molecule has 2 aromatic rings. The molecule has 7 nitrogen and oxygen atoms in total. The minimum atomic E-state index is -3.61. The van der Waals surface area contributed by atoms with Crippen molar-refractivity contribution in [3.8, 4) is 0 Å². The van der Waals surface area contributed by atoms with Crippen LogP contribution in [0.5, 0.6) is 0 Å². The van der Waals surface area contributed by atoms with Crippen LogP contribution in [0.4, 0.5) is 5.69 Å². The summed E-state index contributed by atoms with van der Waals surface area (Å²) in [6.07, 6.45) is 0. The summed E-state index contributed by atoms with van der Waals surface area (Å²) in [6, 6.07) is 9.25. The van der Waals surface area contributed by atoms with Gasteiger partial charge in [-0.1, -0.05) is 12.1 Å². The summed E-state index contributed by atoms with van der Waals surface area (Å²) in [5.74, 6) is 0.473. The number of hydrogen-bond donors (Lipinski definition) is 1. The Hall–Kier alpha value is -2.19. The van der Waals surface area contributed by atoms with E-state index in [4.69, 9.17) is 0 Å². The number of aromatic nitrogens is 2. The molecule has 24 heavy (non-hydrogen) atoms. The fourth-order valence-corrected chi connectivity index (χ4v) is 4.43. The van der Waals surface area contributed by atoms with Crippen molar-refractivity contribution in [2.75, 3.05) is 25.0 Å². The Kier molecular flexibility index (Phi) is 3.47. The van der Waals surface area contributed by atoms with Crippen molar-refractivity contribution < 1.29 is 8.42 Å². The van der Waals surface area contributed by atoms with Crippen molar-refractivity contribution in [3.05, 3.63) is 41.7 Å². The molecule has 3 heterocycles. The number of rotatable bonds is 3. The van der Waals surface area contributed by atoms with Crippen molar-refractivity contribution in [3.63, 3.8) is 0 Å². The predicted molar refractivity (Wildman–Crippen MR) is 91.9 cm³/mol. The van der Waals surface area contributed by atoms with E-state index in [1.165, 1.54) is 0 Å². The first kappa shape index (κ1) is 15.3. The number of benzene rings is 1. The minimum Gasteiger partial charge on any atom is -0.341 e. The molecule has 1 aromatic heterocycles. The van der Waals surface area contributed by atoms with Crippen LogP contribution in [0.15, 0.2) is 39.6 Å². The van der Waals surface area contributed by atoms with Crippen molar-refractivity contribution in [1.29, 1.82) is 0 Å². The molecule has 2 aliphatic rings. The molecule has 2 aliphatic heterocycles. The van der Waals surface area contributed by atoms with E-state index in [9.17, 15) is 8.42 Å². The third-order valence-electron chi connectivity index (χ3n) is 4.38. The average Bonchev–Trinajstić information content (AvgIpc) is 2.80. The third-order valence-corrected chi connectivity index (χ3v) is 5.75. The van der Waals surface area contributed by atoms with E-state index in [-0.39, 0.29) is 4.90 Å². The fourth-order valence-electron chi connectivity index (χ4n) is 3.29. The van der Waals surface area contributed by atoms with E-state index >= 15 is 0 Å². The smallest absolute Gasteiger partial charge is 0.286 e. The lowest BCUT2D eigenvalue weighted by atomic mass is 10.1. The van der Waals surface area contributed by atoms with Crippen LogP contribution in [0.1, 0.15) is 17.4 Å². The van der Waals surface area contributed by atoms with Crippen LogP contribution < -0.4 is 5.32 Å². The summed E-state index contributed by atoms with van der Waals surface area (Å²) in [5.41, 5.74) is 2.77. The normalized spacial score (nSPS) is 20.0. The minimum absolute atomic E-state index is 0.234. The Morgan fingerprint density at radius 3 is 2.71 bits per heavy atom. The average molecular weight is 345 g/mol. The maximum absolute atomic E-state index is 12.2. The standard InChI is InChI=1S/C16H19N5O2S/c1-11-7-12(2)21(18-11)13-8-20(9-13)10-16-17-14-5-3-4-6-15(14)24(22,23)19-16/h3-7,13H,8-10H2,1-2H3,(H,17,19). The highest BCUT2D eigenvalue weighted by atomic mass is 32.2. The lowest BCUT2D eigenvalue weighted by molar-refractivity contribution is 0.116. The Balaban J connectivity index is 1.45. The number of anilines is 1. The topological polar surface area (TPSA) is 79.6 Å². The van der Waals surface area contributed by atoms with Gasteiger partial charge >= 0.3 is 0 Å². The number of hydrogen-bond acceptors (Lipinski definition) is 5. The Morgan fingerprint density at radius 1 is 1.25 bits per heavy atom. The van der Waals surface area contributed by atoms with Gasteiger partial charge in [0, 0.05) is 18.8 Å². The molecule has 4 rings (SSSR count). The number of fused-ring (bicyclic) bond motifs is 1. The maximum Gasteiger partial charge on any atom is 0.286 e. The number of amidine groups is 1. The van der Waals surface area contributed by atoms with E-state index < -0.39 is 10.0 Å². The van der Waals surface area contributed by atoms with Crippen LogP contribution in [0.25, 0.3) is 0 Å². The molecule has 0 spiro atoms. The molecule has 126 valence electrons. The van der Waals surface area contributed by atoms with E-state index in [0.29, 0.717) is 24.1 Å². The number of nitrogens with one attached hydrogen (secondary N) is 1. The molecule has 0 saturated carbocycles. The summed E-state index contributed by atoms with van der Waals surface area (Å²) in [5, 5.41) is 7.64. The van der Waals surface area contributed by atoms with Gasteiger partial charge in [-0.05, 0) is 32.0 Å². The van der Waals surface area contributed by atoms with Gasteiger partial charge in [0.1, 0.15) is 10.7 Å². The van der Waals surface area contributed by atoms with E-state index in [1.807, 2.05) is 17.7 Å². The highest BCUT2D eigenvalue weighted by molar-refractivity contribution is 7.90. The van der Waals surface area contributed by atoms with Gasteiger partial charge in [-0.3, -0.25) is 9.58 Å². The molecule has 1 aromatic carbocycles. The second-order valence-electron chi connectivity index (χ2n) is 6.35. The van der Waals surface area contributed by atoms with Gasteiger partial charge in [0.05, 0.1) is 24.0 Å². The van der Waals surface area contributed by atoms with Gasteiger partial charge in [0.25, 0.3) is 10.0 Å². The fraction of sp³-hybridized carbons (Fsp3) is 0.375. The quantitative estimate of drug-likeness (QED) is 0.913. The largest absolute Gasteiger partial charge is 0.341 e. The van der Waals surface area contributed by atoms with E-state index in [1.54, 1.807) is 18.2 Å². The molecule has 0 radical (unpaired) electrons. The van der Waals surface area contributed by atoms with Crippen LogP contribution in [-0.4, -0.2) is 48.6 Å². The van der Waals surface area contributed by atoms with Gasteiger partial charge in [-0.2, -0.15) is 13.5 Å². The zero-order chi connectivity index (χ0) is 16.9. The van der Waals surface area contributed by atoms with Crippen LogP contribution in [0.2, 0.25) is 0 Å². The molecule has 8 heteroatoms.